The average molecular weight is 427 g/mol. The van der Waals surface area contributed by atoms with Crippen LogP contribution >= 0.6 is 23.2 Å². The smallest absolute Gasteiger partial charge is 0.184 e. The molecule has 0 bridgehead atoms. The zero-order valence-electron chi connectivity index (χ0n) is 14.8. The molecule has 6 atom stereocenters. The van der Waals surface area contributed by atoms with Gasteiger partial charge in [0, 0.05) is 21.2 Å². The summed E-state index contributed by atoms with van der Waals surface area (Å²) < 4.78 is 23.8. The Morgan fingerprint density at radius 1 is 0.607 bits per heavy atom. The van der Waals surface area contributed by atoms with Gasteiger partial charge in [0.25, 0.3) is 0 Å². The molecule has 2 aromatic carbocycles. The second-order valence-corrected chi connectivity index (χ2v) is 7.56. The van der Waals surface area contributed by atoms with Gasteiger partial charge in [-0.3, -0.25) is 0 Å². The summed E-state index contributed by atoms with van der Waals surface area (Å²) in [5.41, 5.74) is 1.55. The van der Waals surface area contributed by atoms with Crippen LogP contribution in [-0.2, 0) is 18.9 Å². The molecule has 0 radical (unpaired) electrons. The van der Waals surface area contributed by atoms with E-state index in [-0.39, 0.29) is 13.2 Å². The van der Waals surface area contributed by atoms with Crippen molar-refractivity contribution in [1.29, 1.82) is 0 Å². The van der Waals surface area contributed by atoms with E-state index in [9.17, 15) is 10.2 Å². The fourth-order valence-electron chi connectivity index (χ4n) is 3.42. The molecule has 0 aliphatic carbocycles. The molecule has 0 spiro atoms. The third kappa shape index (κ3) is 4.06. The van der Waals surface area contributed by atoms with Crippen molar-refractivity contribution in [2.45, 2.75) is 37.0 Å². The van der Waals surface area contributed by atoms with Crippen LogP contribution in [0.4, 0.5) is 0 Å². The van der Waals surface area contributed by atoms with Gasteiger partial charge in [0.1, 0.15) is 24.4 Å². The van der Waals surface area contributed by atoms with E-state index in [0.717, 1.165) is 11.1 Å². The molecule has 2 aliphatic rings. The number of rotatable bonds is 5. The van der Waals surface area contributed by atoms with Crippen LogP contribution in [0.2, 0.25) is 10.0 Å². The van der Waals surface area contributed by atoms with Crippen molar-refractivity contribution in [3.63, 3.8) is 0 Å². The molecular weight excluding hydrogens is 407 g/mol. The first kappa shape index (κ1) is 20.1. The lowest BCUT2D eigenvalue weighted by molar-refractivity contribution is -0.107. The number of ether oxygens (including phenoxy) is 4. The van der Waals surface area contributed by atoms with Gasteiger partial charge in [-0.1, -0.05) is 47.5 Å². The van der Waals surface area contributed by atoms with Gasteiger partial charge in [0.15, 0.2) is 12.6 Å². The highest BCUT2D eigenvalue weighted by Gasteiger charge is 2.49. The highest BCUT2D eigenvalue weighted by Crippen LogP contribution is 2.40. The molecule has 0 saturated carbocycles. The molecular formula is C20H20Cl2O6. The Morgan fingerprint density at radius 3 is 1.29 bits per heavy atom. The predicted octanol–water partition coefficient (Wildman–Crippen LogP) is 3.24. The average Bonchev–Trinajstić information content (AvgIpc) is 3.33. The summed E-state index contributed by atoms with van der Waals surface area (Å²) in [6.07, 6.45) is -3.80. The molecule has 4 rings (SSSR count). The lowest BCUT2D eigenvalue weighted by atomic mass is 10.0. The number of aliphatic hydroxyl groups is 2. The Labute approximate surface area is 172 Å². The summed E-state index contributed by atoms with van der Waals surface area (Å²) in [6.45, 7) is -0.503. The van der Waals surface area contributed by atoms with Gasteiger partial charge in [-0.25, -0.2) is 0 Å². The van der Waals surface area contributed by atoms with Gasteiger partial charge in [0.05, 0.1) is 13.2 Å². The number of halogens is 2. The Kier molecular flexibility index (Phi) is 6.20. The first-order chi connectivity index (χ1) is 13.6. The highest BCUT2D eigenvalue weighted by molar-refractivity contribution is 6.30. The van der Waals surface area contributed by atoms with Crippen molar-refractivity contribution in [3.8, 4) is 0 Å². The van der Waals surface area contributed by atoms with E-state index >= 15 is 0 Å². The Hall–Kier alpha value is -1.22. The molecule has 0 aromatic heterocycles. The zero-order valence-corrected chi connectivity index (χ0v) is 16.3. The summed E-state index contributed by atoms with van der Waals surface area (Å²) in [7, 11) is 0. The summed E-state index contributed by atoms with van der Waals surface area (Å²) in [5, 5.41) is 20.8. The standard InChI is InChI=1S/C20H20Cl2O6/c21-13-5-1-11(2-6-13)19-25-15(9-23)17(27-19)18-16(10-24)26-20(28-18)12-3-7-14(22)8-4-12/h1-8,15-20,23-24H,9-10H2/t15-,16+,17-,18-,19?,20?/m1/s1. The Balaban J connectivity index is 1.52. The number of aliphatic hydroxyl groups excluding tert-OH is 2. The quantitative estimate of drug-likeness (QED) is 0.763. The molecule has 0 amide bonds. The third-order valence-corrected chi connectivity index (χ3v) is 5.36. The molecule has 2 unspecified atom stereocenters. The van der Waals surface area contributed by atoms with Crippen molar-refractivity contribution < 1.29 is 29.2 Å². The van der Waals surface area contributed by atoms with Crippen LogP contribution in [0.5, 0.6) is 0 Å². The molecule has 2 heterocycles. The second kappa shape index (κ2) is 8.65. The molecule has 2 aliphatic heterocycles. The van der Waals surface area contributed by atoms with E-state index in [0.29, 0.717) is 10.0 Å². The maximum absolute atomic E-state index is 9.78. The van der Waals surface area contributed by atoms with Gasteiger partial charge in [-0.05, 0) is 24.3 Å². The largest absolute Gasteiger partial charge is 0.394 e. The summed E-state index contributed by atoms with van der Waals surface area (Å²) in [5.74, 6) is 0. The minimum absolute atomic E-state index is 0.252. The first-order valence-corrected chi connectivity index (χ1v) is 9.69. The number of benzene rings is 2. The zero-order chi connectivity index (χ0) is 19.7. The van der Waals surface area contributed by atoms with Crippen LogP contribution in [-0.4, -0.2) is 47.8 Å². The molecule has 150 valence electrons. The van der Waals surface area contributed by atoms with Crippen LogP contribution in [0.15, 0.2) is 48.5 Å². The fourth-order valence-corrected chi connectivity index (χ4v) is 3.68. The summed E-state index contributed by atoms with van der Waals surface area (Å²) >= 11 is 11.9. The molecule has 8 heteroatoms. The normalized spacial score (nSPS) is 32.7. The van der Waals surface area contributed by atoms with Crippen LogP contribution in [0.1, 0.15) is 23.7 Å². The molecule has 2 aromatic rings. The number of hydrogen-bond donors (Lipinski definition) is 2. The maximum atomic E-state index is 9.78. The fraction of sp³-hybridized carbons (Fsp3) is 0.400. The van der Waals surface area contributed by atoms with Gasteiger partial charge in [0.2, 0.25) is 0 Å². The SMILES string of the molecule is OC[C@@H]1OC(c2ccc(Cl)cc2)O[C@H]1[C@@H]1OC(c2ccc(Cl)cc2)O[C@@H]1CO. The van der Waals surface area contributed by atoms with Crippen molar-refractivity contribution in [3.05, 3.63) is 69.7 Å². The van der Waals surface area contributed by atoms with Crippen LogP contribution < -0.4 is 0 Å². The van der Waals surface area contributed by atoms with Crippen molar-refractivity contribution >= 4 is 23.2 Å². The van der Waals surface area contributed by atoms with Gasteiger partial charge < -0.3 is 29.2 Å². The Bertz CT molecular complexity index is 717. The van der Waals surface area contributed by atoms with Crippen molar-refractivity contribution in [2.75, 3.05) is 13.2 Å². The molecule has 28 heavy (non-hydrogen) atoms. The van der Waals surface area contributed by atoms with E-state index in [1.54, 1.807) is 48.5 Å². The molecule has 6 nitrogen and oxygen atoms in total. The summed E-state index contributed by atoms with van der Waals surface area (Å²) in [4.78, 5) is 0. The van der Waals surface area contributed by atoms with Crippen molar-refractivity contribution in [2.24, 2.45) is 0 Å². The van der Waals surface area contributed by atoms with E-state index in [2.05, 4.69) is 0 Å². The maximum Gasteiger partial charge on any atom is 0.184 e. The lowest BCUT2D eigenvalue weighted by Gasteiger charge is -2.23. The van der Waals surface area contributed by atoms with Gasteiger partial charge in [-0.2, -0.15) is 0 Å². The monoisotopic (exact) mass is 426 g/mol. The molecule has 2 saturated heterocycles. The van der Waals surface area contributed by atoms with Crippen molar-refractivity contribution in [1.82, 2.24) is 0 Å². The highest BCUT2D eigenvalue weighted by atomic mass is 35.5. The van der Waals surface area contributed by atoms with Gasteiger partial charge >= 0.3 is 0 Å². The molecule has 2 fully saturated rings. The lowest BCUT2D eigenvalue weighted by Crippen LogP contribution is -2.44. The van der Waals surface area contributed by atoms with Crippen LogP contribution in [0.3, 0.4) is 0 Å². The minimum atomic E-state index is -0.669. The van der Waals surface area contributed by atoms with E-state index < -0.39 is 37.0 Å². The van der Waals surface area contributed by atoms with Crippen LogP contribution in [0, 0.1) is 0 Å². The van der Waals surface area contributed by atoms with E-state index in [1.165, 1.54) is 0 Å². The third-order valence-electron chi connectivity index (χ3n) is 4.86. The van der Waals surface area contributed by atoms with Gasteiger partial charge in [-0.15, -0.1) is 0 Å². The van der Waals surface area contributed by atoms with E-state index in [1.807, 2.05) is 0 Å². The summed E-state index contributed by atoms with van der Waals surface area (Å²) in [6, 6.07) is 14.2. The Morgan fingerprint density at radius 2 is 0.964 bits per heavy atom. The topological polar surface area (TPSA) is 77.4 Å². The minimum Gasteiger partial charge on any atom is -0.394 e. The van der Waals surface area contributed by atoms with E-state index in [4.69, 9.17) is 42.1 Å². The van der Waals surface area contributed by atoms with Crippen LogP contribution in [0.25, 0.3) is 0 Å². The predicted molar refractivity (Wildman–Crippen MR) is 102 cm³/mol. The molecule has 2 N–H and O–H groups in total. The number of hydrogen-bond acceptors (Lipinski definition) is 6. The second-order valence-electron chi connectivity index (χ2n) is 6.68. The first-order valence-electron chi connectivity index (χ1n) is 8.93.